The molecule has 0 saturated heterocycles. The van der Waals surface area contributed by atoms with E-state index in [0.717, 1.165) is 0 Å². The van der Waals surface area contributed by atoms with Crippen LogP contribution in [0.4, 0.5) is 0 Å². The zero-order valence-electron chi connectivity index (χ0n) is 8.22. The molecule has 4 heteroatoms. The maximum absolute atomic E-state index is 10.6. The second-order valence-electron chi connectivity index (χ2n) is 3.23. The third-order valence-corrected chi connectivity index (χ3v) is 2.12. The van der Waals surface area contributed by atoms with Gasteiger partial charge in [0, 0.05) is 43.8 Å². The minimum atomic E-state index is -0.394. The topological polar surface area (TPSA) is 42.2 Å². The molecular formula is C10H15ArNO2. The molecule has 1 aromatic rings. The Labute approximate surface area is 114 Å². The van der Waals surface area contributed by atoms with E-state index in [-0.39, 0.29) is 37.7 Å². The third kappa shape index (κ3) is 4.49. The first-order valence-corrected chi connectivity index (χ1v) is 4.60. The fourth-order valence-electron chi connectivity index (χ4n) is 0.835. The van der Waals surface area contributed by atoms with Gasteiger partial charge in [-0.2, -0.15) is 4.73 Å². The SMILES string of the molecule is C1CCC1.Cc1cccc(=O)n1O.[Ar]. The van der Waals surface area contributed by atoms with Gasteiger partial charge in [-0.1, -0.05) is 31.7 Å². The van der Waals surface area contributed by atoms with Crippen LogP contribution in [0.5, 0.6) is 0 Å². The summed E-state index contributed by atoms with van der Waals surface area (Å²) in [6.45, 7) is 1.65. The molecule has 80 valence electrons. The molecule has 0 atom stereocenters. The Morgan fingerprint density at radius 3 is 2.00 bits per heavy atom. The van der Waals surface area contributed by atoms with Gasteiger partial charge in [0.25, 0.3) is 5.56 Å². The van der Waals surface area contributed by atoms with E-state index in [0.29, 0.717) is 10.4 Å². The van der Waals surface area contributed by atoms with E-state index < -0.39 is 5.56 Å². The van der Waals surface area contributed by atoms with Crippen LogP contribution in [0.25, 0.3) is 0 Å². The summed E-state index contributed by atoms with van der Waals surface area (Å²) in [4.78, 5) is 10.6. The van der Waals surface area contributed by atoms with Gasteiger partial charge < -0.3 is 5.21 Å². The van der Waals surface area contributed by atoms with E-state index in [1.807, 2.05) is 0 Å². The minimum absolute atomic E-state index is 0. The Morgan fingerprint density at radius 2 is 1.71 bits per heavy atom. The van der Waals surface area contributed by atoms with Crippen LogP contribution in [0.15, 0.2) is 23.0 Å². The summed E-state index contributed by atoms with van der Waals surface area (Å²) in [7, 11) is 0. The molecule has 14 heavy (non-hydrogen) atoms. The number of hydrogen-bond donors (Lipinski definition) is 1. The van der Waals surface area contributed by atoms with Crippen molar-refractivity contribution in [3.63, 3.8) is 0 Å². The van der Waals surface area contributed by atoms with Gasteiger partial charge in [0.1, 0.15) is 0 Å². The molecule has 0 radical (unpaired) electrons. The third-order valence-electron chi connectivity index (χ3n) is 2.12. The van der Waals surface area contributed by atoms with Gasteiger partial charge in [-0.05, 0) is 13.0 Å². The van der Waals surface area contributed by atoms with Crippen molar-refractivity contribution < 1.29 is 42.9 Å². The average Bonchev–Trinajstić information content (AvgIpc) is 1.97. The Morgan fingerprint density at radius 1 is 1.21 bits per heavy atom. The van der Waals surface area contributed by atoms with E-state index >= 15 is 0 Å². The van der Waals surface area contributed by atoms with Crippen molar-refractivity contribution in [1.82, 2.24) is 4.73 Å². The van der Waals surface area contributed by atoms with Crippen LogP contribution < -0.4 is 5.56 Å². The van der Waals surface area contributed by atoms with Crippen molar-refractivity contribution in [2.24, 2.45) is 0 Å². The Kier molecular flexibility index (Phi) is 7.33. The maximum atomic E-state index is 10.6. The summed E-state index contributed by atoms with van der Waals surface area (Å²) in [5, 5.41) is 8.81. The van der Waals surface area contributed by atoms with Crippen molar-refractivity contribution in [3.05, 3.63) is 34.2 Å². The summed E-state index contributed by atoms with van der Waals surface area (Å²) in [6, 6.07) is 4.55. The van der Waals surface area contributed by atoms with Crippen LogP contribution in [-0.2, 0) is 0 Å². The molecule has 2 rings (SSSR count). The molecule has 1 heterocycles. The fourth-order valence-corrected chi connectivity index (χ4v) is 0.835. The van der Waals surface area contributed by atoms with E-state index in [4.69, 9.17) is 5.21 Å². The zero-order valence-corrected chi connectivity index (χ0v) is 8.92. The fraction of sp³-hybridized carbons (Fsp3) is 0.500. The molecular weight excluding hydrogens is 206 g/mol. The van der Waals surface area contributed by atoms with Gasteiger partial charge in [-0.25, -0.2) is 0 Å². The smallest absolute Gasteiger partial charge is 0.283 e. The first kappa shape index (κ1) is 14.0. The molecule has 0 aliphatic heterocycles. The molecule has 0 aromatic carbocycles. The number of nitrogens with zero attached hydrogens (tertiary/aromatic N) is 1. The first-order valence-electron chi connectivity index (χ1n) is 4.60. The molecule has 1 aromatic heterocycles. The summed E-state index contributed by atoms with van der Waals surface area (Å²) >= 11 is 0. The average molecular weight is 221 g/mol. The van der Waals surface area contributed by atoms with Crippen LogP contribution in [0.3, 0.4) is 0 Å². The molecule has 1 fully saturated rings. The van der Waals surface area contributed by atoms with Crippen molar-refractivity contribution in [2.75, 3.05) is 0 Å². The van der Waals surface area contributed by atoms with Gasteiger partial charge in [0.05, 0.1) is 5.69 Å². The quantitative estimate of drug-likeness (QED) is 0.680. The van der Waals surface area contributed by atoms with Crippen LogP contribution in [0.2, 0.25) is 0 Å². The van der Waals surface area contributed by atoms with E-state index in [9.17, 15) is 4.79 Å². The largest absolute Gasteiger partial charge is 0.425 e. The predicted octanol–water partition coefficient (Wildman–Crippen LogP) is 1.95. The van der Waals surface area contributed by atoms with Crippen LogP contribution >= 0.6 is 0 Å². The second kappa shape index (κ2) is 7.32. The molecule has 1 saturated carbocycles. The summed E-state index contributed by atoms with van der Waals surface area (Å²) in [6.07, 6.45) is 6.00. The van der Waals surface area contributed by atoms with E-state index in [2.05, 4.69) is 0 Å². The standard InChI is InChI=1S/C6H7NO2.C4H8.Ar/c1-5-3-2-4-6(8)7(5)9;1-2-4-3-1;/h2-4,9H,1H3;1-4H2;. The summed E-state index contributed by atoms with van der Waals surface area (Å²) < 4.78 is 0.611. The van der Waals surface area contributed by atoms with Crippen molar-refractivity contribution in [1.29, 1.82) is 0 Å². The Hall–Kier alpha value is 0.00974. The molecule has 1 aliphatic carbocycles. The van der Waals surface area contributed by atoms with E-state index in [1.165, 1.54) is 31.7 Å². The van der Waals surface area contributed by atoms with Gasteiger partial charge in [0.2, 0.25) is 0 Å². The molecule has 0 spiro atoms. The van der Waals surface area contributed by atoms with Crippen molar-refractivity contribution >= 4 is 0 Å². The van der Waals surface area contributed by atoms with Gasteiger partial charge in [-0.3, -0.25) is 4.79 Å². The normalized spacial score (nSPS) is 12.9. The number of pyridine rings is 1. The maximum Gasteiger partial charge on any atom is 0.283 e. The van der Waals surface area contributed by atoms with Crippen LogP contribution in [0.1, 0.15) is 31.4 Å². The predicted molar refractivity (Wildman–Crippen MR) is 51.1 cm³/mol. The molecule has 0 amide bonds. The Bertz CT molecular complexity index is 314. The zero-order chi connectivity index (χ0) is 9.68. The van der Waals surface area contributed by atoms with Gasteiger partial charge in [-0.15, -0.1) is 0 Å². The monoisotopic (exact) mass is 221 g/mol. The van der Waals surface area contributed by atoms with Crippen molar-refractivity contribution in [3.8, 4) is 0 Å². The molecule has 0 unspecified atom stereocenters. The number of hydrogen-bond acceptors (Lipinski definition) is 2. The summed E-state index contributed by atoms with van der Waals surface area (Å²) in [5.74, 6) is 0. The van der Waals surface area contributed by atoms with Crippen molar-refractivity contribution in [2.45, 2.75) is 32.6 Å². The van der Waals surface area contributed by atoms with Gasteiger partial charge in [0.15, 0.2) is 0 Å². The van der Waals surface area contributed by atoms with Crippen LogP contribution in [0, 0.1) is 44.7 Å². The van der Waals surface area contributed by atoms with Crippen LogP contribution in [-0.4, -0.2) is 9.94 Å². The molecule has 0 bridgehead atoms. The number of aryl methyl sites for hydroxylation is 1. The second-order valence-corrected chi connectivity index (χ2v) is 3.23. The molecule has 3 nitrogen and oxygen atoms in total. The van der Waals surface area contributed by atoms with E-state index in [1.54, 1.807) is 19.1 Å². The minimum Gasteiger partial charge on any atom is -0.425 e. The first-order chi connectivity index (χ1) is 6.22. The Balaban J connectivity index is 0.000000286. The number of rotatable bonds is 0. The molecule has 1 aliphatic rings. The number of aromatic nitrogens is 1. The molecule has 1 N–H and O–H groups in total. The van der Waals surface area contributed by atoms with Gasteiger partial charge >= 0.3 is 0 Å². The summed E-state index contributed by atoms with van der Waals surface area (Å²) in [5.41, 5.74) is 0.150.